The molecule has 0 saturated heterocycles. The van der Waals surface area contributed by atoms with Crippen molar-refractivity contribution in [1.82, 2.24) is 5.32 Å². The van der Waals surface area contributed by atoms with Crippen LogP contribution >= 0.6 is 15.9 Å². The Hall–Kier alpha value is -0.410. The summed E-state index contributed by atoms with van der Waals surface area (Å²) in [6.07, 6.45) is 3.59. The fraction of sp³-hybridized carbons (Fsp3) is 0.455. The van der Waals surface area contributed by atoms with E-state index in [1.807, 2.05) is 12.1 Å². The number of rotatable bonds is 4. The van der Waals surface area contributed by atoms with E-state index in [2.05, 4.69) is 21.2 Å². The Morgan fingerprint density at radius 1 is 1.43 bits per heavy atom. The zero-order valence-corrected chi connectivity index (χ0v) is 9.48. The predicted octanol–water partition coefficient (Wildman–Crippen LogP) is 2.88. The van der Waals surface area contributed by atoms with Crippen molar-refractivity contribution in [3.8, 4) is 0 Å². The lowest BCUT2D eigenvalue weighted by Crippen LogP contribution is -2.19. The van der Waals surface area contributed by atoms with Crippen molar-refractivity contribution in [3.05, 3.63) is 34.1 Å². The molecule has 1 nitrogen and oxygen atoms in total. The number of halogens is 2. The fourth-order valence-corrected chi connectivity index (χ4v) is 1.83. The molecular formula is C11H13BrFN. The molecule has 1 N–H and O–H groups in total. The Bertz CT molecular complexity index is 323. The Labute approximate surface area is 91.8 Å². The SMILES string of the molecule is Fc1ccc(CCNC2CC2)cc1Br. The molecule has 0 spiro atoms. The largest absolute Gasteiger partial charge is 0.314 e. The summed E-state index contributed by atoms with van der Waals surface area (Å²) in [5.74, 6) is -0.191. The van der Waals surface area contributed by atoms with Gasteiger partial charge in [-0.25, -0.2) is 4.39 Å². The average Bonchev–Trinajstić information content (AvgIpc) is 2.95. The van der Waals surface area contributed by atoms with Gasteiger partial charge < -0.3 is 5.32 Å². The highest BCUT2D eigenvalue weighted by atomic mass is 79.9. The Balaban J connectivity index is 1.85. The van der Waals surface area contributed by atoms with Crippen molar-refractivity contribution in [2.24, 2.45) is 0 Å². The summed E-state index contributed by atoms with van der Waals surface area (Å²) in [6.45, 7) is 0.989. The molecule has 14 heavy (non-hydrogen) atoms. The van der Waals surface area contributed by atoms with Gasteiger partial charge in [0.25, 0.3) is 0 Å². The van der Waals surface area contributed by atoms with Crippen LogP contribution in [0.5, 0.6) is 0 Å². The van der Waals surface area contributed by atoms with Crippen LogP contribution < -0.4 is 5.32 Å². The molecule has 0 amide bonds. The molecule has 3 heteroatoms. The van der Waals surface area contributed by atoms with E-state index in [0.717, 1.165) is 19.0 Å². The van der Waals surface area contributed by atoms with Gasteiger partial charge in [-0.1, -0.05) is 6.07 Å². The second-order valence-electron chi connectivity index (χ2n) is 3.73. The standard InChI is InChI=1S/C11H13BrFN/c12-10-7-8(1-4-11(10)13)5-6-14-9-2-3-9/h1,4,7,9,14H,2-3,5-6H2. The predicted molar refractivity (Wildman–Crippen MR) is 58.8 cm³/mol. The molecule has 1 aromatic rings. The molecule has 1 saturated carbocycles. The molecule has 0 aliphatic heterocycles. The third-order valence-electron chi connectivity index (χ3n) is 2.41. The zero-order chi connectivity index (χ0) is 9.97. The van der Waals surface area contributed by atoms with E-state index in [1.54, 1.807) is 0 Å². The highest BCUT2D eigenvalue weighted by molar-refractivity contribution is 9.10. The molecule has 0 heterocycles. The molecule has 0 atom stereocenters. The number of benzene rings is 1. The molecule has 0 aromatic heterocycles. The first kappa shape index (κ1) is 10.1. The van der Waals surface area contributed by atoms with Gasteiger partial charge in [0.15, 0.2) is 0 Å². The van der Waals surface area contributed by atoms with Gasteiger partial charge in [0.05, 0.1) is 4.47 Å². The molecule has 1 aromatic carbocycles. The summed E-state index contributed by atoms with van der Waals surface area (Å²) in [5, 5.41) is 3.43. The van der Waals surface area contributed by atoms with Gasteiger partial charge in [0.2, 0.25) is 0 Å². The van der Waals surface area contributed by atoms with Gasteiger partial charge in [0, 0.05) is 6.04 Å². The maximum absolute atomic E-state index is 12.9. The van der Waals surface area contributed by atoms with E-state index in [0.29, 0.717) is 4.47 Å². The van der Waals surface area contributed by atoms with Crippen LogP contribution in [-0.2, 0) is 6.42 Å². The fourth-order valence-electron chi connectivity index (χ4n) is 1.40. The summed E-state index contributed by atoms with van der Waals surface area (Å²) < 4.78 is 13.5. The quantitative estimate of drug-likeness (QED) is 0.875. The van der Waals surface area contributed by atoms with Crippen molar-refractivity contribution in [1.29, 1.82) is 0 Å². The van der Waals surface area contributed by atoms with Crippen LogP contribution in [0.15, 0.2) is 22.7 Å². The van der Waals surface area contributed by atoms with Crippen molar-refractivity contribution in [2.45, 2.75) is 25.3 Å². The smallest absolute Gasteiger partial charge is 0.137 e. The van der Waals surface area contributed by atoms with Crippen molar-refractivity contribution in [3.63, 3.8) is 0 Å². The molecule has 0 bridgehead atoms. The number of nitrogens with one attached hydrogen (secondary N) is 1. The summed E-state index contributed by atoms with van der Waals surface area (Å²) in [7, 11) is 0. The van der Waals surface area contributed by atoms with Gasteiger partial charge in [-0.3, -0.25) is 0 Å². The molecule has 2 rings (SSSR count). The number of hydrogen-bond acceptors (Lipinski definition) is 1. The van der Waals surface area contributed by atoms with Gasteiger partial charge in [-0.2, -0.15) is 0 Å². The third-order valence-corrected chi connectivity index (χ3v) is 3.02. The first-order chi connectivity index (χ1) is 6.75. The summed E-state index contributed by atoms with van der Waals surface area (Å²) >= 11 is 3.18. The van der Waals surface area contributed by atoms with Crippen LogP contribution in [0.4, 0.5) is 4.39 Å². The minimum Gasteiger partial charge on any atom is -0.314 e. The molecular weight excluding hydrogens is 245 g/mol. The monoisotopic (exact) mass is 257 g/mol. The van der Waals surface area contributed by atoms with Gasteiger partial charge in [-0.05, 0) is 59.4 Å². The van der Waals surface area contributed by atoms with Crippen LogP contribution in [0.2, 0.25) is 0 Å². The van der Waals surface area contributed by atoms with Crippen LogP contribution in [-0.4, -0.2) is 12.6 Å². The van der Waals surface area contributed by atoms with Gasteiger partial charge in [-0.15, -0.1) is 0 Å². The maximum Gasteiger partial charge on any atom is 0.137 e. The molecule has 76 valence electrons. The van der Waals surface area contributed by atoms with Gasteiger partial charge >= 0.3 is 0 Å². The highest BCUT2D eigenvalue weighted by Gasteiger charge is 2.19. The van der Waals surface area contributed by atoms with Crippen molar-refractivity contribution < 1.29 is 4.39 Å². The maximum atomic E-state index is 12.9. The van der Waals surface area contributed by atoms with Crippen LogP contribution in [0.25, 0.3) is 0 Å². The molecule has 1 aliphatic carbocycles. The van der Waals surface area contributed by atoms with Crippen LogP contribution in [0, 0.1) is 5.82 Å². The minimum absolute atomic E-state index is 0.191. The van der Waals surface area contributed by atoms with Crippen molar-refractivity contribution in [2.75, 3.05) is 6.54 Å². The van der Waals surface area contributed by atoms with E-state index in [9.17, 15) is 4.39 Å². The highest BCUT2D eigenvalue weighted by Crippen LogP contribution is 2.19. The van der Waals surface area contributed by atoms with E-state index in [-0.39, 0.29) is 5.82 Å². The summed E-state index contributed by atoms with van der Waals surface area (Å²) in [5.41, 5.74) is 1.17. The first-order valence-electron chi connectivity index (χ1n) is 4.93. The normalized spacial score (nSPS) is 15.9. The lowest BCUT2D eigenvalue weighted by Gasteiger charge is -2.03. The molecule has 0 unspecified atom stereocenters. The summed E-state index contributed by atoms with van der Waals surface area (Å²) in [4.78, 5) is 0. The molecule has 1 aliphatic rings. The Morgan fingerprint density at radius 2 is 2.21 bits per heavy atom. The van der Waals surface area contributed by atoms with Crippen molar-refractivity contribution >= 4 is 15.9 Å². The average molecular weight is 258 g/mol. The molecule has 1 fully saturated rings. The van der Waals surface area contributed by atoms with Crippen LogP contribution in [0.3, 0.4) is 0 Å². The lowest BCUT2D eigenvalue weighted by atomic mass is 10.1. The Morgan fingerprint density at radius 3 is 2.86 bits per heavy atom. The topological polar surface area (TPSA) is 12.0 Å². The van der Waals surface area contributed by atoms with E-state index in [4.69, 9.17) is 0 Å². The van der Waals surface area contributed by atoms with E-state index < -0.39 is 0 Å². The summed E-state index contributed by atoms with van der Waals surface area (Å²) in [6, 6.07) is 5.95. The first-order valence-corrected chi connectivity index (χ1v) is 5.72. The Kier molecular flexibility index (Phi) is 3.19. The van der Waals surface area contributed by atoms with E-state index >= 15 is 0 Å². The third kappa shape index (κ3) is 2.79. The van der Waals surface area contributed by atoms with E-state index in [1.165, 1.54) is 24.5 Å². The van der Waals surface area contributed by atoms with Crippen LogP contribution in [0.1, 0.15) is 18.4 Å². The van der Waals surface area contributed by atoms with Gasteiger partial charge in [0.1, 0.15) is 5.82 Å². The minimum atomic E-state index is -0.191. The zero-order valence-electron chi connectivity index (χ0n) is 7.89. The second-order valence-corrected chi connectivity index (χ2v) is 4.58. The molecule has 0 radical (unpaired) electrons. The second kappa shape index (κ2) is 4.41. The lowest BCUT2D eigenvalue weighted by molar-refractivity contribution is 0.619. The number of hydrogen-bond donors (Lipinski definition) is 1.